The molecular weight excluding hydrogens is 252 g/mol. The number of benzene rings is 1. The summed E-state index contributed by atoms with van der Waals surface area (Å²) in [6.07, 6.45) is 4.27. The minimum atomic E-state index is -0.218. The van der Waals surface area contributed by atoms with Gasteiger partial charge in [-0.05, 0) is 44.6 Å². The second-order valence-corrected chi connectivity index (χ2v) is 5.97. The van der Waals surface area contributed by atoms with Crippen LogP contribution in [0.1, 0.15) is 39.5 Å². The van der Waals surface area contributed by atoms with E-state index in [1.807, 2.05) is 25.1 Å². The molecule has 1 aromatic rings. The monoisotopic (exact) mass is 278 g/mol. The van der Waals surface area contributed by atoms with Crippen molar-refractivity contribution in [3.05, 3.63) is 18.2 Å². The zero-order valence-corrected chi connectivity index (χ0v) is 12.5. The molecule has 0 aliphatic heterocycles. The standard InChI is InChI=1S/C16H26N2O2/c1-3-20-15-9-13(17)8-14(10-15)18-16(11-19)6-4-12(2)5-7-16/h8-10,12,18-19H,3-7,11,17H2,1-2H3. The van der Waals surface area contributed by atoms with Crippen LogP contribution in [0.3, 0.4) is 0 Å². The van der Waals surface area contributed by atoms with Crippen LogP contribution in [0.25, 0.3) is 0 Å². The third-order valence-corrected chi connectivity index (χ3v) is 4.18. The summed E-state index contributed by atoms with van der Waals surface area (Å²) in [5, 5.41) is 13.3. The van der Waals surface area contributed by atoms with Crippen molar-refractivity contribution in [1.29, 1.82) is 0 Å². The molecule has 0 spiro atoms. The van der Waals surface area contributed by atoms with Crippen molar-refractivity contribution in [3.8, 4) is 5.75 Å². The van der Waals surface area contributed by atoms with Gasteiger partial charge in [-0.2, -0.15) is 0 Å². The van der Waals surface area contributed by atoms with E-state index in [1.54, 1.807) is 0 Å². The summed E-state index contributed by atoms with van der Waals surface area (Å²) in [6.45, 7) is 4.99. The smallest absolute Gasteiger partial charge is 0.123 e. The van der Waals surface area contributed by atoms with Gasteiger partial charge in [-0.15, -0.1) is 0 Å². The van der Waals surface area contributed by atoms with E-state index in [1.165, 1.54) is 0 Å². The fraction of sp³-hybridized carbons (Fsp3) is 0.625. The highest BCUT2D eigenvalue weighted by atomic mass is 16.5. The highest BCUT2D eigenvalue weighted by Crippen LogP contribution is 2.35. The molecule has 1 aliphatic rings. The number of anilines is 2. The predicted molar refractivity (Wildman–Crippen MR) is 83.1 cm³/mol. The summed E-state index contributed by atoms with van der Waals surface area (Å²) < 4.78 is 5.52. The lowest BCUT2D eigenvalue weighted by Crippen LogP contribution is -2.45. The van der Waals surface area contributed by atoms with Gasteiger partial charge in [-0.1, -0.05) is 6.92 Å². The first-order valence-corrected chi connectivity index (χ1v) is 7.49. The molecule has 0 radical (unpaired) electrons. The SMILES string of the molecule is CCOc1cc(N)cc(NC2(CO)CCC(C)CC2)c1. The maximum absolute atomic E-state index is 9.81. The summed E-state index contributed by atoms with van der Waals surface area (Å²) in [4.78, 5) is 0. The van der Waals surface area contributed by atoms with Gasteiger partial charge in [0.25, 0.3) is 0 Å². The lowest BCUT2D eigenvalue weighted by Gasteiger charge is -2.39. The molecule has 0 atom stereocenters. The third-order valence-electron chi connectivity index (χ3n) is 4.18. The molecule has 0 amide bonds. The first kappa shape index (κ1) is 15.0. The minimum absolute atomic E-state index is 0.151. The molecule has 4 heteroatoms. The topological polar surface area (TPSA) is 67.5 Å². The molecule has 0 saturated heterocycles. The number of aliphatic hydroxyl groups excluding tert-OH is 1. The molecule has 2 rings (SSSR count). The number of nitrogens with two attached hydrogens (primary N) is 1. The van der Waals surface area contributed by atoms with E-state index in [0.717, 1.165) is 43.0 Å². The fourth-order valence-corrected chi connectivity index (χ4v) is 2.89. The summed E-state index contributed by atoms with van der Waals surface area (Å²) in [7, 11) is 0. The summed E-state index contributed by atoms with van der Waals surface area (Å²) in [6, 6.07) is 5.68. The zero-order chi connectivity index (χ0) is 14.6. The van der Waals surface area contributed by atoms with Gasteiger partial charge in [0, 0.05) is 23.5 Å². The second kappa shape index (κ2) is 6.35. The van der Waals surface area contributed by atoms with Crippen LogP contribution in [-0.4, -0.2) is 23.9 Å². The Labute approximate surface area is 121 Å². The average molecular weight is 278 g/mol. The molecule has 1 fully saturated rings. The number of aliphatic hydroxyl groups is 1. The van der Waals surface area contributed by atoms with Crippen molar-refractivity contribution >= 4 is 11.4 Å². The third kappa shape index (κ3) is 3.57. The highest BCUT2D eigenvalue weighted by molar-refractivity contribution is 5.60. The van der Waals surface area contributed by atoms with Gasteiger partial charge in [0.15, 0.2) is 0 Å². The van der Waals surface area contributed by atoms with E-state index in [0.29, 0.717) is 12.3 Å². The molecule has 1 aromatic carbocycles. The Morgan fingerprint density at radius 2 is 2.05 bits per heavy atom. The second-order valence-electron chi connectivity index (χ2n) is 5.97. The van der Waals surface area contributed by atoms with Gasteiger partial charge in [-0.25, -0.2) is 0 Å². The molecule has 1 aliphatic carbocycles. The Hall–Kier alpha value is -1.42. The van der Waals surface area contributed by atoms with E-state index < -0.39 is 0 Å². The van der Waals surface area contributed by atoms with Gasteiger partial charge in [0.1, 0.15) is 5.75 Å². The highest BCUT2D eigenvalue weighted by Gasteiger charge is 2.33. The van der Waals surface area contributed by atoms with Crippen LogP contribution in [0, 0.1) is 5.92 Å². The van der Waals surface area contributed by atoms with Gasteiger partial charge in [-0.3, -0.25) is 0 Å². The molecule has 20 heavy (non-hydrogen) atoms. The molecule has 0 heterocycles. The van der Waals surface area contributed by atoms with Crippen LogP contribution in [0.4, 0.5) is 11.4 Å². The molecule has 112 valence electrons. The Bertz CT molecular complexity index is 440. The van der Waals surface area contributed by atoms with E-state index >= 15 is 0 Å². The maximum Gasteiger partial charge on any atom is 0.123 e. The Kier molecular flexibility index (Phi) is 4.76. The van der Waals surface area contributed by atoms with E-state index in [2.05, 4.69) is 12.2 Å². The number of nitrogens with one attached hydrogen (secondary N) is 1. The lowest BCUT2D eigenvalue weighted by atomic mass is 9.77. The molecule has 0 bridgehead atoms. The van der Waals surface area contributed by atoms with Gasteiger partial charge >= 0.3 is 0 Å². The zero-order valence-electron chi connectivity index (χ0n) is 12.5. The molecule has 0 unspecified atom stereocenters. The Morgan fingerprint density at radius 3 is 2.65 bits per heavy atom. The number of hydrogen-bond donors (Lipinski definition) is 3. The van der Waals surface area contributed by atoms with Crippen molar-refractivity contribution in [2.45, 2.75) is 45.1 Å². The molecular formula is C16H26N2O2. The predicted octanol–water partition coefficient (Wildman–Crippen LogP) is 3.02. The van der Waals surface area contributed by atoms with Crippen molar-refractivity contribution in [3.63, 3.8) is 0 Å². The van der Waals surface area contributed by atoms with Crippen LogP contribution in [-0.2, 0) is 0 Å². The van der Waals surface area contributed by atoms with Crippen molar-refractivity contribution in [1.82, 2.24) is 0 Å². The lowest BCUT2D eigenvalue weighted by molar-refractivity contribution is 0.155. The first-order valence-electron chi connectivity index (χ1n) is 7.49. The Morgan fingerprint density at radius 1 is 1.35 bits per heavy atom. The summed E-state index contributed by atoms with van der Waals surface area (Å²) in [5.41, 5.74) is 7.30. The van der Waals surface area contributed by atoms with Crippen LogP contribution in [0.15, 0.2) is 18.2 Å². The largest absolute Gasteiger partial charge is 0.494 e. The molecule has 0 aromatic heterocycles. The summed E-state index contributed by atoms with van der Waals surface area (Å²) in [5.74, 6) is 1.52. The van der Waals surface area contributed by atoms with Crippen molar-refractivity contribution < 1.29 is 9.84 Å². The number of nitrogen functional groups attached to an aromatic ring is 1. The number of ether oxygens (including phenoxy) is 1. The van der Waals surface area contributed by atoms with Crippen LogP contribution in [0.2, 0.25) is 0 Å². The van der Waals surface area contributed by atoms with Gasteiger partial charge in [0.2, 0.25) is 0 Å². The van der Waals surface area contributed by atoms with Crippen LogP contribution >= 0.6 is 0 Å². The number of rotatable bonds is 5. The maximum atomic E-state index is 9.81. The van der Waals surface area contributed by atoms with Crippen LogP contribution < -0.4 is 15.8 Å². The van der Waals surface area contributed by atoms with Crippen LogP contribution in [0.5, 0.6) is 5.75 Å². The molecule has 1 saturated carbocycles. The van der Waals surface area contributed by atoms with Gasteiger partial charge in [0.05, 0.1) is 18.8 Å². The summed E-state index contributed by atoms with van der Waals surface area (Å²) >= 11 is 0. The molecule has 4 N–H and O–H groups in total. The normalized spacial score (nSPS) is 26.2. The van der Waals surface area contributed by atoms with E-state index in [-0.39, 0.29) is 12.1 Å². The van der Waals surface area contributed by atoms with Crippen molar-refractivity contribution in [2.75, 3.05) is 24.3 Å². The Balaban J connectivity index is 2.14. The first-order chi connectivity index (χ1) is 9.57. The number of hydrogen-bond acceptors (Lipinski definition) is 4. The average Bonchev–Trinajstić information content (AvgIpc) is 2.41. The fourth-order valence-electron chi connectivity index (χ4n) is 2.89. The molecule has 4 nitrogen and oxygen atoms in total. The van der Waals surface area contributed by atoms with Crippen molar-refractivity contribution in [2.24, 2.45) is 5.92 Å². The van der Waals surface area contributed by atoms with Gasteiger partial charge < -0.3 is 20.9 Å². The quantitative estimate of drug-likeness (QED) is 0.724. The minimum Gasteiger partial charge on any atom is -0.494 e. The van der Waals surface area contributed by atoms with E-state index in [4.69, 9.17) is 10.5 Å². The van der Waals surface area contributed by atoms with E-state index in [9.17, 15) is 5.11 Å².